The third kappa shape index (κ3) is 4.51. The van der Waals surface area contributed by atoms with Gasteiger partial charge in [-0.3, -0.25) is 14.6 Å². The van der Waals surface area contributed by atoms with Gasteiger partial charge in [-0.1, -0.05) is 6.07 Å². The number of nitrogens with zero attached hydrogens (tertiary/aromatic N) is 3. The Kier molecular flexibility index (Phi) is 6.31. The number of piperazine rings is 1. The number of methoxy groups -OCH3 is 2. The molecular formula is C20H24N4O4. The molecule has 1 aromatic carbocycles. The fraction of sp³-hybridized carbons (Fsp3) is 0.350. The molecule has 0 bridgehead atoms. The van der Waals surface area contributed by atoms with Gasteiger partial charge in [-0.25, -0.2) is 0 Å². The highest BCUT2D eigenvalue weighted by molar-refractivity contribution is 5.93. The summed E-state index contributed by atoms with van der Waals surface area (Å²) in [6, 6.07) is 9.28. The first-order valence-electron chi connectivity index (χ1n) is 9.04. The van der Waals surface area contributed by atoms with E-state index in [0.29, 0.717) is 49.9 Å². The molecule has 0 saturated carbocycles. The molecule has 148 valence electrons. The molecule has 0 atom stereocenters. The minimum absolute atomic E-state index is 0.125. The average Bonchev–Trinajstić information content (AvgIpc) is 2.77. The number of ether oxygens (including phenoxy) is 2. The van der Waals surface area contributed by atoms with E-state index in [1.807, 2.05) is 24.3 Å². The molecule has 1 aliphatic rings. The first-order chi connectivity index (χ1) is 13.6. The van der Waals surface area contributed by atoms with Crippen molar-refractivity contribution in [1.29, 1.82) is 0 Å². The van der Waals surface area contributed by atoms with E-state index in [-0.39, 0.29) is 5.91 Å². The van der Waals surface area contributed by atoms with Crippen molar-refractivity contribution in [3.63, 3.8) is 0 Å². The van der Waals surface area contributed by atoms with E-state index < -0.39 is 0 Å². The lowest BCUT2D eigenvalue weighted by Crippen LogP contribution is -2.48. The molecule has 0 radical (unpaired) electrons. The Morgan fingerprint density at radius 3 is 2.54 bits per heavy atom. The van der Waals surface area contributed by atoms with Crippen molar-refractivity contribution in [2.75, 3.05) is 45.7 Å². The molecule has 0 aliphatic carbocycles. The number of carbonyl (C=O) groups excluding carboxylic acids is 2. The Labute approximate surface area is 164 Å². The molecule has 2 amide bonds. The molecule has 2 heterocycles. The van der Waals surface area contributed by atoms with Gasteiger partial charge >= 0.3 is 0 Å². The van der Waals surface area contributed by atoms with Gasteiger partial charge in [-0.05, 0) is 29.8 Å². The Hall–Kier alpha value is -3.29. The SMILES string of the molecule is COc1ccc(CNc2ccnc(C(=O)N3CCN(C=O)CC3)c2)cc1OC. The molecule has 8 heteroatoms. The van der Waals surface area contributed by atoms with Gasteiger partial charge in [0.2, 0.25) is 6.41 Å². The molecule has 28 heavy (non-hydrogen) atoms. The molecule has 1 fully saturated rings. The minimum Gasteiger partial charge on any atom is -0.493 e. The van der Waals surface area contributed by atoms with Crippen LogP contribution >= 0.6 is 0 Å². The zero-order valence-corrected chi connectivity index (χ0v) is 16.1. The molecule has 0 unspecified atom stereocenters. The highest BCUT2D eigenvalue weighted by atomic mass is 16.5. The topological polar surface area (TPSA) is 84.0 Å². The highest BCUT2D eigenvalue weighted by Crippen LogP contribution is 2.27. The fourth-order valence-electron chi connectivity index (χ4n) is 3.04. The number of carbonyl (C=O) groups is 2. The lowest BCUT2D eigenvalue weighted by atomic mass is 10.2. The van der Waals surface area contributed by atoms with Crippen LogP contribution in [0.15, 0.2) is 36.5 Å². The van der Waals surface area contributed by atoms with Crippen LogP contribution in [0.5, 0.6) is 11.5 Å². The summed E-state index contributed by atoms with van der Waals surface area (Å²) in [5, 5.41) is 3.30. The predicted octanol–water partition coefficient (Wildman–Crippen LogP) is 1.63. The van der Waals surface area contributed by atoms with Crippen LogP contribution in [0.1, 0.15) is 16.1 Å². The van der Waals surface area contributed by atoms with Gasteiger partial charge in [0.25, 0.3) is 5.91 Å². The molecule has 2 aromatic rings. The van der Waals surface area contributed by atoms with Crippen LogP contribution in [0.3, 0.4) is 0 Å². The quantitative estimate of drug-likeness (QED) is 0.731. The van der Waals surface area contributed by atoms with Crippen molar-refractivity contribution in [2.45, 2.75) is 6.54 Å². The maximum atomic E-state index is 12.7. The molecule has 8 nitrogen and oxygen atoms in total. The molecule has 0 spiro atoms. The van der Waals surface area contributed by atoms with Gasteiger partial charge in [0.05, 0.1) is 14.2 Å². The van der Waals surface area contributed by atoms with Crippen molar-refractivity contribution >= 4 is 18.0 Å². The summed E-state index contributed by atoms with van der Waals surface area (Å²) in [5.74, 6) is 1.22. The average molecular weight is 384 g/mol. The second kappa shape index (κ2) is 9.07. The Bertz CT molecular complexity index is 835. The zero-order valence-electron chi connectivity index (χ0n) is 16.1. The van der Waals surface area contributed by atoms with Gasteiger partial charge in [0, 0.05) is 44.6 Å². The fourth-order valence-corrected chi connectivity index (χ4v) is 3.04. The summed E-state index contributed by atoms with van der Waals surface area (Å²) >= 11 is 0. The number of benzene rings is 1. The summed E-state index contributed by atoms with van der Waals surface area (Å²) in [6.45, 7) is 2.69. The van der Waals surface area contributed by atoms with E-state index in [2.05, 4.69) is 10.3 Å². The van der Waals surface area contributed by atoms with E-state index >= 15 is 0 Å². The highest BCUT2D eigenvalue weighted by Gasteiger charge is 2.22. The molecule has 3 rings (SSSR count). The van der Waals surface area contributed by atoms with E-state index in [9.17, 15) is 9.59 Å². The van der Waals surface area contributed by atoms with E-state index in [1.165, 1.54) is 0 Å². The van der Waals surface area contributed by atoms with E-state index in [1.54, 1.807) is 36.3 Å². The Morgan fingerprint density at radius 2 is 1.86 bits per heavy atom. The van der Waals surface area contributed by atoms with Gasteiger partial charge in [-0.15, -0.1) is 0 Å². The summed E-state index contributed by atoms with van der Waals surface area (Å²) in [6.07, 6.45) is 2.44. The number of nitrogens with one attached hydrogen (secondary N) is 1. The Balaban J connectivity index is 1.63. The maximum absolute atomic E-state index is 12.7. The summed E-state index contributed by atoms with van der Waals surface area (Å²) in [5.41, 5.74) is 2.21. The van der Waals surface area contributed by atoms with Gasteiger partial charge in [0.15, 0.2) is 11.5 Å². The normalized spacial score (nSPS) is 13.8. The lowest BCUT2D eigenvalue weighted by Gasteiger charge is -2.32. The standard InChI is InChI=1S/C20H24N4O4/c1-27-18-4-3-15(11-19(18)28-2)13-22-16-5-6-21-17(12-16)20(26)24-9-7-23(14-25)8-10-24/h3-6,11-12,14H,7-10,13H2,1-2H3,(H,21,22). The zero-order chi connectivity index (χ0) is 19.9. The van der Waals surface area contributed by atoms with Crippen LogP contribution in [0.2, 0.25) is 0 Å². The predicted molar refractivity (Wildman–Crippen MR) is 105 cm³/mol. The number of anilines is 1. The van der Waals surface area contributed by atoms with E-state index in [4.69, 9.17) is 9.47 Å². The lowest BCUT2D eigenvalue weighted by molar-refractivity contribution is -0.119. The van der Waals surface area contributed by atoms with Gasteiger partial charge < -0.3 is 24.6 Å². The number of pyridine rings is 1. The van der Waals surface area contributed by atoms with Crippen LogP contribution in [0.4, 0.5) is 5.69 Å². The molecule has 1 aliphatic heterocycles. The third-order valence-electron chi connectivity index (χ3n) is 4.67. The number of amides is 2. The van der Waals surface area contributed by atoms with Crippen LogP contribution in [0, 0.1) is 0 Å². The van der Waals surface area contributed by atoms with Crippen molar-refractivity contribution in [1.82, 2.24) is 14.8 Å². The van der Waals surface area contributed by atoms with Crippen molar-refractivity contribution in [2.24, 2.45) is 0 Å². The van der Waals surface area contributed by atoms with Crippen LogP contribution < -0.4 is 14.8 Å². The largest absolute Gasteiger partial charge is 0.493 e. The van der Waals surface area contributed by atoms with Crippen LogP contribution in [0.25, 0.3) is 0 Å². The number of aromatic nitrogens is 1. The number of hydrogen-bond acceptors (Lipinski definition) is 6. The number of rotatable bonds is 7. The summed E-state index contributed by atoms with van der Waals surface area (Å²) in [7, 11) is 3.20. The van der Waals surface area contributed by atoms with Crippen molar-refractivity contribution in [3.05, 3.63) is 47.8 Å². The maximum Gasteiger partial charge on any atom is 0.272 e. The number of hydrogen-bond donors (Lipinski definition) is 1. The monoisotopic (exact) mass is 384 g/mol. The van der Waals surface area contributed by atoms with Crippen LogP contribution in [-0.2, 0) is 11.3 Å². The summed E-state index contributed by atoms with van der Waals surface area (Å²) in [4.78, 5) is 31.1. The van der Waals surface area contributed by atoms with E-state index in [0.717, 1.165) is 17.7 Å². The van der Waals surface area contributed by atoms with Crippen molar-refractivity contribution < 1.29 is 19.1 Å². The molecule has 1 saturated heterocycles. The van der Waals surface area contributed by atoms with Crippen LogP contribution in [-0.4, -0.2) is 67.5 Å². The van der Waals surface area contributed by atoms with Gasteiger partial charge in [0.1, 0.15) is 5.69 Å². The molecule has 1 aromatic heterocycles. The smallest absolute Gasteiger partial charge is 0.272 e. The second-order valence-electron chi connectivity index (χ2n) is 6.41. The Morgan fingerprint density at radius 1 is 1.11 bits per heavy atom. The van der Waals surface area contributed by atoms with Crippen molar-refractivity contribution in [3.8, 4) is 11.5 Å². The third-order valence-corrected chi connectivity index (χ3v) is 4.67. The molecular weight excluding hydrogens is 360 g/mol. The summed E-state index contributed by atoms with van der Waals surface area (Å²) < 4.78 is 10.6. The van der Waals surface area contributed by atoms with Gasteiger partial charge in [-0.2, -0.15) is 0 Å². The minimum atomic E-state index is -0.125. The molecule has 1 N–H and O–H groups in total. The first kappa shape index (κ1) is 19.5. The second-order valence-corrected chi connectivity index (χ2v) is 6.41. The first-order valence-corrected chi connectivity index (χ1v) is 9.04.